The quantitative estimate of drug-likeness (QED) is 0.503. The highest BCUT2D eigenvalue weighted by molar-refractivity contribution is 5.70. The molecule has 0 aliphatic carbocycles. The smallest absolute Gasteiger partial charge is 0.411 e. The monoisotopic (exact) mass is 463 g/mol. The third-order valence-electron chi connectivity index (χ3n) is 6.51. The minimum absolute atomic E-state index is 0.00164. The largest absolute Gasteiger partial charge is 0.438 e. The van der Waals surface area contributed by atoms with Crippen molar-refractivity contribution in [1.82, 2.24) is 14.9 Å². The van der Waals surface area contributed by atoms with E-state index in [0.29, 0.717) is 25.8 Å². The highest BCUT2D eigenvalue weighted by Crippen LogP contribution is 2.40. The lowest BCUT2D eigenvalue weighted by Crippen LogP contribution is -2.48. The number of hydrogen-bond acceptors (Lipinski definition) is 5. The van der Waals surface area contributed by atoms with Crippen LogP contribution in [0.15, 0.2) is 54.6 Å². The van der Waals surface area contributed by atoms with Crippen molar-refractivity contribution < 1.29 is 19.0 Å². The summed E-state index contributed by atoms with van der Waals surface area (Å²) in [5, 5.41) is 9.37. The lowest BCUT2D eigenvalue weighted by Gasteiger charge is -2.43. The fraction of sp³-hybridized carbons (Fsp3) is 0.370. The van der Waals surface area contributed by atoms with Crippen molar-refractivity contribution in [3.05, 3.63) is 83.1 Å². The molecule has 0 spiro atoms. The maximum atomic E-state index is 13.5. The molecule has 7 heteroatoms. The Morgan fingerprint density at radius 2 is 1.82 bits per heavy atom. The molecule has 4 rings (SSSR count). The third-order valence-corrected chi connectivity index (χ3v) is 6.51. The van der Waals surface area contributed by atoms with Gasteiger partial charge in [0.05, 0.1) is 11.7 Å². The summed E-state index contributed by atoms with van der Waals surface area (Å²) >= 11 is 0. The van der Waals surface area contributed by atoms with Crippen LogP contribution in [0.2, 0.25) is 0 Å². The number of aromatic nitrogens is 2. The van der Waals surface area contributed by atoms with Crippen LogP contribution >= 0.6 is 0 Å². The number of rotatable bonds is 7. The number of carbonyl (C=O) groups is 1. The van der Waals surface area contributed by atoms with Gasteiger partial charge in [-0.1, -0.05) is 36.4 Å². The SMILES string of the molecule is Cc1cc(-c2ccc([C@H](C)N3CC[C@](CCCO)(c4ccc(F)cc4)OC3=O)cc2)nc(C)n1. The molecule has 2 heterocycles. The van der Waals surface area contributed by atoms with Gasteiger partial charge in [-0.3, -0.25) is 0 Å². The molecular formula is C27H30FN3O3. The Morgan fingerprint density at radius 1 is 1.12 bits per heavy atom. The first-order valence-electron chi connectivity index (χ1n) is 11.6. The van der Waals surface area contributed by atoms with E-state index in [0.717, 1.165) is 33.9 Å². The lowest BCUT2D eigenvalue weighted by atomic mass is 9.84. The van der Waals surface area contributed by atoms with Crippen LogP contribution < -0.4 is 0 Å². The summed E-state index contributed by atoms with van der Waals surface area (Å²) in [5.74, 6) is 0.392. The van der Waals surface area contributed by atoms with Crippen LogP contribution in [0.25, 0.3) is 11.3 Å². The maximum absolute atomic E-state index is 13.5. The van der Waals surface area contributed by atoms with Crippen molar-refractivity contribution in [3.63, 3.8) is 0 Å². The Morgan fingerprint density at radius 3 is 2.44 bits per heavy atom. The molecule has 6 nitrogen and oxygen atoms in total. The van der Waals surface area contributed by atoms with Crippen LogP contribution in [0.1, 0.15) is 54.9 Å². The number of aliphatic hydroxyl groups excluding tert-OH is 1. The van der Waals surface area contributed by atoms with E-state index in [1.54, 1.807) is 17.0 Å². The zero-order chi connectivity index (χ0) is 24.3. The van der Waals surface area contributed by atoms with E-state index >= 15 is 0 Å². The highest BCUT2D eigenvalue weighted by atomic mass is 19.1. The van der Waals surface area contributed by atoms with Gasteiger partial charge in [0.25, 0.3) is 0 Å². The highest BCUT2D eigenvalue weighted by Gasteiger charge is 2.43. The molecule has 2 aromatic carbocycles. The average Bonchev–Trinajstić information content (AvgIpc) is 2.82. The number of carbonyl (C=O) groups excluding carboxylic acids is 1. The Labute approximate surface area is 199 Å². The summed E-state index contributed by atoms with van der Waals surface area (Å²) in [6.07, 6.45) is 1.12. The second kappa shape index (κ2) is 9.89. The summed E-state index contributed by atoms with van der Waals surface area (Å²) in [6.45, 7) is 6.30. The number of cyclic esters (lactones) is 1. The second-order valence-corrected chi connectivity index (χ2v) is 8.88. The van der Waals surface area contributed by atoms with Crippen molar-refractivity contribution in [3.8, 4) is 11.3 Å². The summed E-state index contributed by atoms with van der Waals surface area (Å²) < 4.78 is 19.5. The molecule has 0 unspecified atom stereocenters. The van der Waals surface area contributed by atoms with Crippen molar-refractivity contribution in [2.24, 2.45) is 0 Å². The maximum Gasteiger partial charge on any atom is 0.411 e. The van der Waals surface area contributed by atoms with Crippen molar-refractivity contribution in [1.29, 1.82) is 0 Å². The van der Waals surface area contributed by atoms with Gasteiger partial charge in [-0.2, -0.15) is 0 Å². The topological polar surface area (TPSA) is 75.6 Å². The van der Waals surface area contributed by atoms with Crippen LogP contribution in [0.5, 0.6) is 0 Å². The van der Waals surface area contributed by atoms with E-state index in [2.05, 4.69) is 9.97 Å². The van der Waals surface area contributed by atoms with Crippen LogP contribution in [0.4, 0.5) is 9.18 Å². The molecule has 1 fully saturated rings. The number of aliphatic hydroxyl groups is 1. The first-order valence-corrected chi connectivity index (χ1v) is 11.6. The fourth-order valence-corrected chi connectivity index (χ4v) is 4.64. The number of nitrogens with zero attached hydrogens (tertiary/aromatic N) is 3. The Bertz CT molecular complexity index is 1130. The average molecular weight is 464 g/mol. The minimum Gasteiger partial charge on any atom is -0.438 e. The molecule has 2 atom stereocenters. The van der Waals surface area contributed by atoms with Gasteiger partial charge in [0.15, 0.2) is 0 Å². The van der Waals surface area contributed by atoms with E-state index in [9.17, 15) is 14.3 Å². The van der Waals surface area contributed by atoms with E-state index in [1.165, 1.54) is 12.1 Å². The molecule has 3 aromatic rings. The number of aryl methyl sites for hydroxylation is 2. The van der Waals surface area contributed by atoms with Gasteiger partial charge in [0.1, 0.15) is 17.2 Å². The summed E-state index contributed by atoms with van der Waals surface area (Å²) in [6, 6.07) is 15.9. The first-order chi connectivity index (χ1) is 16.3. The number of halogens is 1. The molecule has 1 amide bonds. The van der Waals surface area contributed by atoms with Gasteiger partial charge in [0.2, 0.25) is 0 Å². The first kappa shape index (κ1) is 23.8. The number of amides is 1. The minimum atomic E-state index is -0.865. The van der Waals surface area contributed by atoms with Gasteiger partial charge in [0, 0.05) is 30.8 Å². The van der Waals surface area contributed by atoms with E-state index in [-0.39, 0.29) is 18.5 Å². The van der Waals surface area contributed by atoms with Crippen LogP contribution in [-0.2, 0) is 10.3 Å². The Kier molecular flexibility index (Phi) is 6.93. The van der Waals surface area contributed by atoms with Crippen molar-refractivity contribution >= 4 is 6.09 Å². The lowest BCUT2D eigenvalue weighted by molar-refractivity contribution is -0.0680. The molecule has 1 aliphatic rings. The summed E-state index contributed by atoms with van der Waals surface area (Å²) in [4.78, 5) is 23.7. The summed E-state index contributed by atoms with van der Waals surface area (Å²) in [7, 11) is 0. The molecule has 0 radical (unpaired) electrons. The molecule has 1 N–H and O–H groups in total. The third kappa shape index (κ3) is 4.94. The van der Waals surface area contributed by atoms with Gasteiger partial charge < -0.3 is 14.7 Å². The van der Waals surface area contributed by atoms with Gasteiger partial charge >= 0.3 is 6.09 Å². The molecule has 1 aromatic heterocycles. The van der Waals surface area contributed by atoms with Crippen molar-refractivity contribution in [2.75, 3.05) is 13.2 Å². The van der Waals surface area contributed by atoms with Crippen LogP contribution in [0, 0.1) is 19.7 Å². The molecule has 1 aliphatic heterocycles. The van der Waals surface area contributed by atoms with Crippen LogP contribution in [0.3, 0.4) is 0 Å². The second-order valence-electron chi connectivity index (χ2n) is 8.88. The van der Waals surface area contributed by atoms with Gasteiger partial charge in [-0.05, 0) is 62.9 Å². The predicted molar refractivity (Wildman–Crippen MR) is 128 cm³/mol. The van der Waals surface area contributed by atoms with E-state index in [1.807, 2.05) is 51.1 Å². The van der Waals surface area contributed by atoms with Crippen LogP contribution in [-0.4, -0.2) is 39.2 Å². The molecule has 1 saturated heterocycles. The van der Waals surface area contributed by atoms with Gasteiger partial charge in [-0.15, -0.1) is 0 Å². The summed E-state index contributed by atoms with van der Waals surface area (Å²) in [5.41, 5.74) is 3.66. The number of ether oxygens (including phenoxy) is 1. The fourth-order valence-electron chi connectivity index (χ4n) is 4.64. The van der Waals surface area contributed by atoms with E-state index < -0.39 is 11.7 Å². The molecule has 0 saturated carbocycles. The Balaban J connectivity index is 1.52. The molecule has 0 bridgehead atoms. The van der Waals surface area contributed by atoms with Crippen molar-refractivity contribution in [2.45, 2.75) is 51.7 Å². The van der Waals surface area contributed by atoms with Gasteiger partial charge in [-0.25, -0.2) is 19.2 Å². The number of benzene rings is 2. The zero-order valence-electron chi connectivity index (χ0n) is 19.8. The molecule has 34 heavy (non-hydrogen) atoms. The normalized spacial score (nSPS) is 19.1. The predicted octanol–water partition coefficient (Wildman–Crippen LogP) is 5.47. The van der Waals surface area contributed by atoms with E-state index in [4.69, 9.17) is 4.74 Å². The standard InChI is InChI=1S/C27H30FN3O3/c1-18-17-25(30-20(3)29-18)22-7-5-21(6-8-22)19(2)31-15-14-27(13-4-16-32,34-26(31)33)23-9-11-24(28)12-10-23/h5-12,17,19,32H,4,13-16H2,1-3H3/t19-,27+/m0/s1. The Hall–Kier alpha value is -3.32. The molecular weight excluding hydrogens is 433 g/mol. The number of hydrogen-bond donors (Lipinski definition) is 1. The molecule has 178 valence electrons. The zero-order valence-corrected chi connectivity index (χ0v) is 19.8.